The van der Waals surface area contributed by atoms with Crippen LogP contribution < -0.4 is 0 Å². The van der Waals surface area contributed by atoms with E-state index in [4.69, 9.17) is 5.10 Å². The van der Waals surface area contributed by atoms with Gasteiger partial charge in [-0.25, -0.2) is 0 Å². The van der Waals surface area contributed by atoms with Gasteiger partial charge in [0.2, 0.25) is 0 Å². The Hall–Kier alpha value is -1.87. The third-order valence-corrected chi connectivity index (χ3v) is 5.19. The average molecular weight is 310 g/mol. The second-order valence-electron chi connectivity index (χ2n) is 6.94. The van der Waals surface area contributed by atoms with E-state index in [1.165, 1.54) is 16.8 Å². The van der Waals surface area contributed by atoms with Gasteiger partial charge in [0.05, 0.1) is 17.8 Å². The van der Waals surface area contributed by atoms with Crippen LogP contribution in [0, 0.1) is 25.7 Å². The molecule has 0 bridgehead atoms. The summed E-state index contributed by atoms with van der Waals surface area (Å²) in [6, 6.07) is 12.7. The molecule has 1 heterocycles. The highest BCUT2D eigenvalue weighted by Crippen LogP contribution is 2.40. The first kappa shape index (κ1) is 16.0. The lowest BCUT2D eigenvalue weighted by Gasteiger charge is -2.25. The quantitative estimate of drug-likeness (QED) is 0.904. The fraction of sp³-hybridized carbons (Fsp3) is 0.450. The first-order chi connectivity index (χ1) is 11.0. The Morgan fingerprint density at radius 2 is 1.83 bits per heavy atom. The van der Waals surface area contributed by atoms with Crippen LogP contribution in [0.5, 0.6) is 0 Å². The maximum Gasteiger partial charge on any atom is 0.0777 e. The van der Waals surface area contributed by atoms with Gasteiger partial charge in [0, 0.05) is 5.69 Å². The standard InChI is InChI=1S/C20H26N2O/c1-13-10-19(22-15(3)11-14(2)21-22)18(12-20(23)16(13)4)17-8-6-5-7-9-17/h5-9,11-13,16,19-20,23H,10H2,1-4H3/t13-,16+,19?,20-/m1/s1. The van der Waals surface area contributed by atoms with E-state index in [0.717, 1.165) is 12.1 Å². The number of aromatic nitrogens is 2. The smallest absolute Gasteiger partial charge is 0.0777 e. The van der Waals surface area contributed by atoms with Gasteiger partial charge >= 0.3 is 0 Å². The van der Waals surface area contributed by atoms with E-state index in [9.17, 15) is 5.11 Å². The zero-order valence-electron chi connectivity index (χ0n) is 14.4. The minimum absolute atomic E-state index is 0.167. The number of benzene rings is 1. The van der Waals surface area contributed by atoms with E-state index in [2.05, 4.69) is 55.8 Å². The third-order valence-electron chi connectivity index (χ3n) is 5.19. The fourth-order valence-electron chi connectivity index (χ4n) is 3.59. The first-order valence-electron chi connectivity index (χ1n) is 8.45. The van der Waals surface area contributed by atoms with Crippen molar-refractivity contribution in [3.8, 4) is 0 Å². The topological polar surface area (TPSA) is 38.0 Å². The molecule has 0 radical (unpaired) electrons. The molecule has 1 unspecified atom stereocenters. The Kier molecular flexibility index (Phi) is 4.40. The molecule has 3 rings (SSSR count). The second kappa shape index (κ2) is 6.32. The average Bonchev–Trinajstić information content (AvgIpc) is 2.83. The Morgan fingerprint density at radius 1 is 1.13 bits per heavy atom. The zero-order chi connectivity index (χ0) is 16.6. The van der Waals surface area contributed by atoms with Gasteiger partial charge in [-0.2, -0.15) is 5.10 Å². The number of hydrogen-bond acceptors (Lipinski definition) is 2. The molecule has 3 heteroatoms. The summed E-state index contributed by atoms with van der Waals surface area (Å²) in [6.45, 7) is 8.51. The maximum absolute atomic E-state index is 10.6. The van der Waals surface area contributed by atoms with Gasteiger partial charge in [-0.05, 0) is 55.4 Å². The molecule has 0 saturated heterocycles. The number of nitrogens with zero attached hydrogens (tertiary/aromatic N) is 2. The summed E-state index contributed by atoms with van der Waals surface area (Å²) >= 11 is 0. The molecule has 1 aliphatic rings. The Balaban J connectivity index is 2.12. The highest BCUT2D eigenvalue weighted by molar-refractivity contribution is 5.69. The fourth-order valence-corrected chi connectivity index (χ4v) is 3.59. The highest BCUT2D eigenvalue weighted by Gasteiger charge is 2.31. The minimum Gasteiger partial charge on any atom is -0.389 e. The van der Waals surface area contributed by atoms with Crippen molar-refractivity contribution in [1.29, 1.82) is 0 Å². The summed E-state index contributed by atoms with van der Waals surface area (Å²) in [6.07, 6.45) is 2.62. The van der Waals surface area contributed by atoms with Crippen LogP contribution in [0.3, 0.4) is 0 Å². The molecule has 0 amide bonds. The molecule has 2 aromatic rings. The van der Waals surface area contributed by atoms with Crippen LogP contribution in [-0.2, 0) is 0 Å². The number of aryl methyl sites for hydroxylation is 2. The number of allylic oxidation sites excluding steroid dienone is 1. The largest absolute Gasteiger partial charge is 0.389 e. The summed E-state index contributed by atoms with van der Waals surface area (Å²) in [4.78, 5) is 0. The van der Waals surface area contributed by atoms with Crippen LogP contribution in [-0.4, -0.2) is 21.0 Å². The Morgan fingerprint density at radius 3 is 2.43 bits per heavy atom. The van der Waals surface area contributed by atoms with Gasteiger partial charge < -0.3 is 5.11 Å². The molecule has 0 fully saturated rings. The van der Waals surface area contributed by atoms with Crippen LogP contribution in [0.4, 0.5) is 0 Å². The van der Waals surface area contributed by atoms with E-state index in [1.54, 1.807) is 0 Å². The van der Waals surface area contributed by atoms with Crippen molar-refractivity contribution in [2.75, 3.05) is 0 Å². The molecule has 4 atom stereocenters. The summed E-state index contributed by atoms with van der Waals surface area (Å²) in [7, 11) is 0. The lowest BCUT2D eigenvalue weighted by molar-refractivity contribution is 0.126. The monoisotopic (exact) mass is 310 g/mol. The van der Waals surface area contributed by atoms with E-state index in [-0.39, 0.29) is 12.0 Å². The molecular weight excluding hydrogens is 284 g/mol. The minimum atomic E-state index is -0.415. The van der Waals surface area contributed by atoms with Crippen molar-refractivity contribution in [1.82, 2.24) is 9.78 Å². The van der Waals surface area contributed by atoms with E-state index < -0.39 is 6.10 Å². The van der Waals surface area contributed by atoms with Crippen LogP contribution in [0.25, 0.3) is 5.57 Å². The van der Waals surface area contributed by atoms with Crippen molar-refractivity contribution >= 4 is 5.57 Å². The molecule has 1 N–H and O–H groups in total. The lowest BCUT2D eigenvalue weighted by atomic mass is 9.88. The molecule has 1 aromatic heterocycles. The SMILES string of the molecule is Cc1cc(C)n(C2C[C@@H](C)[C@H](C)[C@H](O)C=C2c2ccccc2)n1. The van der Waals surface area contributed by atoms with Crippen molar-refractivity contribution in [2.45, 2.75) is 46.3 Å². The second-order valence-corrected chi connectivity index (χ2v) is 6.94. The van der Waals surface area contributed by atoms with Crippen molar-refractivity contribution in [2.24, 2.45) is 11.8 Å². The number of aliphatic hydroxyl groups is 1. The molecule has 3 nitrogen and oxygen atoms in total. The number of aliphatic hydroxyl groups excluding tert-OH is 1. The Bertz CT molecular complexity index is 702. The number of hydrogen-bond donors (Lipinski definition) is 1. The van der Waals surface area contributed by atoms with Crippen molar-refractivity contribution in [3.63, 3.8) is 0 Å². The molecule has 0 spiro atoms. The molecule has 0 saturated carbocycles. The van der Waals surface area contributed by atoms with Gasteiger partial charge in [0.25, 0.3) is 0 Å². The van der Waals surface area contributed by atoms with Crippen LogP contribution >= 0.6 is 0 Å². The molecule has 23 heavy (non-hydrogen) atoms. The zero-order valence-corrected chi connectivity index (χ0v) is 14.4. The predicted molar refractivity (Wildman–Crippen MR) is 94.1 cm³/mol. The Labute approximate surface area is 138 Å². The summed E-state index contributed by atoms with van der Waals surface area (Å²) < 4.78 is 2.13. The van der Waals surface area contributed by atoms with E-state index in [0.29, 0.717) is 5.92 Å². The van der Waals surface area contributed by atoms with Crippen molar-refractivity contribution < 1.29 is 5.11 Å². The van der Waals surface area contributed by atoms with Gasteiger partial charge in [-0.3, -0.25) is 4.68 Å². The lowest BCUT2D eigenvalue weighted by Crippen LogP contribution is -2.21. The van der Waals surface area contributed by atoms with Gasteiger partial charge in [-0.15, -0.1) is 0 Å². The van der Waals surface area contributed by atoms with Crippen LogP contribution in [0.1, 0.15) is 43.3 Å². The molecular formula is C20H26N2O. The van der Waals surface area contributed by atoms with Gasteiger partial charge in [0.1, 0.15) is 0 Å². The van der Waals surface area contributed by atoms with Gasteiger partial charge in [-0.1, -0.05) is 44.2 Å². The molecule has 1 aliphatic carbocycles. The molecule has 0 aliphatic heterocycles. The van der Waals surface area contributed by atoms with E-state index in [1.807, 2.05) is 19.1 Å². The maximum atomic E-state index is 10.6. The van der Waals surface area contributed by atoms with Crippen LogP contribution in [0.15, 0.2) is 42.5 Å². The predicted octanol–water partition coefficient (Wildman–Crippen LogP) is 4.16. The number of rotatable bonds is 2. The molecule has 1 aromatic carbocycles. The highest BCUT2D eigenvalue weighted by atomic mass is 16.3. The molecule has 122 valence electrons. The summed E-state index contributed by atoms with van der Waals surface area (Å²) in [5.74, 6) is 0.673. The third kappa shape index (κ3) is 3.11. The summed E-state index contributed by atoms with van der Waals surface area (Å²) in [5, 5.41) is 15.3. The normalized spacial score (nSPS) is 28.3. The van der Waals surface area contributed by atoms with Crippen molar-refractivity contribution in [3.05, 3.63) is 59.4 Å². The van der Waals surface area contributed by atoms with E-state index >= 15 is 0 Å². The van der Waals surface area contributed by atoms with Crippen LogP contribution in [0.2, 0.25) is 0 Å². The van der Waals surface area contributed by atoms with Gasteiger partial charge in [0.15, 0.2) is 0 Å². The summed E-state index contributed by atoms with van der Waals surface area (Å²) in [5.41, 5.74) is 4.57. The first-order valence-corrected chi connectivity index (χ1v) is 8.45.